The fourth-order valence-corrected chi connectivity index (χ4v) is 3.83. The van der Waals surface area contributed by atoms with E-state index in [0.29, 0.717) is 12.8 Å². The van der Waals surface area contributed by atoms with Crippen LogP contribution in [0.15, 0.2) is 60.7 Å². The fourth-order valence-electron chi connectivity index (χ4n) is 3.83. The SMILES string of the molecule is CC[C@]1(C)C(=O)O[C@@](C)(Cc2ccccc2)C(=O)N1[C@@H](C)c1ccccc1. The molecule has 3 rings (SSSR count). The maximum absolute atomic E-state index is 13.6. The molecule has 2 aromatic rings. The number of rotatable bonds is 5. The van der Waals surface area contributed by atoms with E-state index in [1.54, 1.807) is 18.7 Å². The smallest absolute Gasteiger partial charge is 0.332 e. The predicted molar refractivity (Wildman–Crippen MR) is 105 cm³/mol. The number of benzene rings is 2. The number of ether oxygens (including phenoxy) is 1. The van der Waals surface area contributed by atoms with Gasteiger partial charge in [0.05, 0.1) is 6.04 Å². The standard InChI is InChI=1S/C23H27NO3/c1-5-22(3)21(26)27-23(4,16-18-12-8-6-9-13-18)20(25)24(22)17(2)19-14-10-7-11-15-19/h6-15,17H,5,16H2,1-4H3/t17-,22+,23-/m0/s1. The molecule has 4 heteroatoms. The number of carbonyl (C=O) groups excluding carboxylic acids is 2. The summed E-state index contributed by atoms with van der Waals surface area (Å²) in [5.74, 6) is -0.488. The zero-order valence-electron chi connectivity index (χ0n) is 16.4. The number of esters is 1. The van der Waals surface area contributed by atoms with Crippen LogP contribution in [0.1, 0.15) is 51.3 Å². The molecule has 1 aliphatic heterocycles. The van der Waals surface area contributed by atoms with Gasteiger partial charge in [-0.3, -0.25) is 4.79 Å². The largest absolute Gasteiger partial charge is 0.447 e. The van der Waals surface area contributed by atoms with Gasteiger partial charge in [0.2, 0.25) is 0 Å². The molecule has 1 fully saturated rings. The summed E-state index contributed by atoms with van der Waals surface area (Å²) in [6, 6.07) is 19.3. The van der Waals surface area contributed by atoms with Gasteiger partial charge in [0, 0.05) is 6.42 Å². The van der Waals surface area contributed by atoms with Gasteiger partial charge in [-0.1, -0.05) is 67.6 Å². The Morgan fingerprint density at radius 2 is 1.52 bits per heavy atom. The van der Waals surface area contributed by atoms with Crippen molar-refractivity contribution in [2.45, 2.75) is 57.7 Å². The van der Waals surface area contributed by atoms with Gasteiger partial charge in [-0.15, -0.1) is 0 Å². The predicted octanol–water partition coefficient (Wildman–Crippen LogP) is 4.30. The highest BCUT2D eigenvalue weighted by Gasteiger charge is 2.57. The third kappa shape index (κ3) is 3.36. The van der Waals surface area contributed by atoms with Crippen molar-refractivity contribution in [1.82, 2.24) is 4.90 Å². The highest BCUT2D eigenvalue weighted by Crippen LogP contribution is 2.40. The van der Waals surface area contributed by atoms with Crippen LogP contribution in [-0.4, -0.2) is 27.9 Å². The molecule has 3 atom stereocenters. The lowest BCUT2D eigenvalue weighted by atomic mass is 9.84. The minimum absolute atomic E-state index is 0.147. The number of cyclic esters (lactones) is 1. The van der Waals surface area contributed by atoms with Gasteiger partial charge in [0.15, 0.2) is 5.60 Å². The molecule has 1 aliphatic rings. The molecule has 1 saturated heterocycles. The topological polar surface area (TPSA) is 46.6 Å². The Kier molecular flexibility index (Phi) is 5.09. The Bertz CT molecular complexity index is 820. The van der Waals surface area contributed by atoms with E-state index in [0.717, 1.165) is 11.1 Å². The summed E-state index contributed by atoms with van der Waals surface area (Å²) in [6.07, 6.45) is 0.854. The summed E-state index contributed by atoms with van der Waals surface area (Å²) >= 11 is 0. The highest BCUT2D eigenvalue weighted by molar-refractivity contribution is 5.98. The van der Waals surface area contributed by atoms with Gasteiger partial charge in [0.1, 0.15) is 5.54 Å². The van der Waals surface area contributed by atoms with Crippen molar-refractivity contribution in [3.8, 4) is 0 Å². The minimum atomic E-state index is -1.21. The van der Waals surface area contributed by atoms with Crippen LogP contribution in [0.25, 0.3) is 0 Å². The van der Waals surface area contributed by atoms with Crippen LogP contribution in [0.2, 0.25) is 0 Å². The van der Waals surface area contributed by atoms with E-state index in [1.807, 2.05) is 74.5 Å². The van der Waals surface area contributed by atoms with Crippen LogP contribution < -0.4 is 0 Å². The van der Waals surface area contributed by atoms with Crippen LogP contribution in [0.4, 0.5) is 0 Å². The molecule has 4 nitrogen and oxygen atoms in total. The first-order valence-electron chi connectivity index (χ1n) is 9.48. The summed E-state index contributed by atoms with van der Waals surface area (Å²) < 4.78 is 5.78. The van der Waals surface area contributed by atoms with Crippen molar-refractivity contribution >= 4 is 11.9 Å². The second-order valence-electron chi connectivity index (χ2n) is 7.67. The zero-order valence-corrected chi connectivity index (χ0v) is 16.4. The molecular weight excluding hydrogens is 338 g/mol. The second kappa shape index (κ2) is 7.18. The zero-order chi connectivity index (χ0) is 19.7. The Hall–Kier alpha value is -2.62. The Morgan fingerprint density at radius 1 is 0.963 bits per heavy atom. The van der Waals surface area contributed by atoms with Gasteiger partial charge in [-0.05, 0) is 38.3 Å². The molecule has 0 radical (unpaired) electrons. The average Bonchev–Trinajstić information content (AvgIpc) is 2.68. The van der Waals surface area contributed by atoms with Gasteiger partial charge in [0.25, 0.3) is 5.91 Å². The van der Waals surface area contributed by atoms with E-state index in [2.05, 4.69) is 0 Å². The lowest BCUT2D eigenvalue weighted by Gasteiger charge is -2.51. The summed E-state index contributed by atoms with van der Waals surface area (Å²) in [4.78, 5) is 28.4. The molecule has 0 bridgehead atoms. The minimum Gasteiger partial charge on any atom is -0.447 e. The molecule has 1 heterocycles. The highest BCUT2D eigenvalue weighted by atomic mass is 16.6. The second-order valence-corrected chi connectivity index (χ2v) is 7.67. The number of carbonyl (C=O) groups is 2. The Labute approximate surface area is 161 Å². The first-order valence-corrected chi connectivity index (χ1v) is 9.48. The van der Waals surface area contributed by atoms with Crippen LogP contribution >= 0.6 is 0 Å². The molecule has 142 valence electrons. The van der Waals surface area contributed by atoms with Crippen molar-refractivity contribution < 1.29 is 14.3 Å². The Morgan fingerprint density at radius 3 is 2.07 bits per heavy atom. The molecular formula is C23H27NO3. The van der Waals surface area contributed by atoms with Crippen LogP contribution in [0.5, 0.6) is 0 Å². The molecule has 1 amide bonds. The van der Waals surface area contributed by atoms with E-state index in [1.165, 1.54) is 0 Å². The molecule has 2 aromatic carbocycles. The molecule has 0 unspecified atom stereocenters. The van der Waals surface area contributed by atoms with Gasteiger partial charge >= 0.3 is 5.97 Å². The van der Waals surface area contributed by atoms with Crippen LogP contribution in [-0.2, 0) is 20.7 Å². The van der Waals surface area contributed by atoms with E-state index in [-0.39, 0.29) is 17.9 Å². The molecule has 0 saturated carbocycles. The van der Waals surface area contributed by atoms with Crippen molar-refractivity contribution in [2.75, 3.05) is 0 Å². The number of hydrogen-bond donors (Lipinski definition) is 0. The van der Waals surface area contributed by atoms with Crippen molar-refractivity contribution in [1.29, 1.82) is 0 Å². The molecule has 27 heavy (non-hydrogen) atoms. The molecule has 0 spiro atoms. The van der Waals surface area contributed by atoms with Gasteiger partial charge < -0.3 is 9.64 Å². The van der Waals surface area contributed by atoms with E-state index in [4.69, 9.17) is 4.74 Å². The fraction of sp³-hybridized carbons (Fsp3) is 0.391. The van der Waals surface area contributed by atoms with Crippen LogP contribution in [0, 0.1) is 0 Å². The summed E-state index contributed by atoms with van der Waals surface area (Å²) in [5.41, 5.74) is -0.227. The first kappa shape index (κ1) is 19.2. The third-order valence-electron chi connectivity index (χ3n) is 5.70. The summed E-state index contributed by atoms with van der Waals surface area (Å²) in [5, 5.41) is 0. The number of amides is 1. The van der Waals surface area contributed by atoms with Gasteiger partial charge in [-0.25, -0.2) is 4.79 Å². The third-order valence-corrected chi connectivity index (χ3v) is 5.70. The van der Waals surface area contributed by atoms with E-state index >= 15 is 0 Å². The first-order chi connectivity index (χ1) is 12.8. The lowest BCUT2D eigenvalue weighted by molar-refractivity contribution is -0.204. The maximum Gasteiger partial charge on any atom is 0.332 e. The summed E-state index contributed by atoms with van der Waals surface area (Å²) in [7, 11) is 0. The average molecular weight is 365 g/mol. The van der Waals surface area contributed by atoms with Crippen molar-refractivity contribution in [3.63, 3.8) is 0 Å². The number of morpholine rings is 1. The normalized spacial score (nSPS) is 26.6. The molecule has 0 N–H and O–H groups in total. The van der Waals surface area contributed by atoms with E-state index in [9.17, 15) is 9.59 Å². The van der Waals surface area contributed by atoms with Crippen LogP contribution in [0.3, 0.4) is 0 Å². The quantitative estimate of drug-likeness (QED) is 0.742. The van der Waals surface area contributed by atoms with Crippen molar-refractivity contribution in [3.05, 3.63) is 71.8 Å². The maximum atomic E-state index is 13.6. The monoisotopic (exact) mass is 365 g/mol. The van der Waals surface area contributed by atoms with Crippen molar-refractivity contribution in [2.24, 2.45) is 0 Å². The Balaban J connectivity index is 2.02. The molecule has 0 aromatic heterocycles. The summed E-state index contributed by atoms with van der Waals surface area (Å²) in [6.45, 7) is 7.41. The number of hydrogen-bond acceptors (Lipinski definition) is 3. The molecule has 0 aliphatic carbocycles. The lowest BCUT2D eigenvalue weighted by Crippen LogP contribution is -2.68. The van der Waals surface area contributed by atoms with E-state index < -0.39 is 11.1 Å². The van der Waals surface area contributed by atoms with Gasteiger partial charge in [-0.2, -0.15) is 0 Å². The number of nitrogens with zero attached hydrogens (tertiary/aromatic N) is 1.